The molecule has 0 amide bonds. The Hall–Kier alpha value is -1.05. The molecule has 104 valence electrons. The van der Waals surface area contributed by atoms with Gasteiger partial charge in [0, 0.05) is 0 Å². The summed E-state index contributed by atoms with van der Waals surface area (Å²) >= 11 is 0. The molecule has 0 aliphatic carbocycles. The Balaban J connectivity index is 0.00000137. The van der Waals surface area contributed by atoms with Crippen LogP contribution in [0, 0.1) is 11.2 Å². The van der Waals surface area contributed by atoms with Crippen molar-refractivity contribution in [3.63, 3.8) is 0 Å². The van der Waals surface area contributed by atoms with Crippen LogP contribution in [0.2, 0.25) is 0 Å². The maximum atomic E-state index is 13.5. The van der Waals surface area contributed by atoms with Crippen molar-refractivity contribution in [1.82, 2.24) is 0 Å². The van der Waals surface area contributed by atoms with Crippen molar-refractivity contribution in [3.8, 4) is 5.75 Å². The summed E-state index contributed by atoms with van der Waals surface area (Å²) in [5, 5.41) is 0. The lowest BCUT2D eigenvalue weighted by Gasteiger charge is -2.19. The first kappa shape index (κ1) is 16.9. The fourth-order valence-corrected chi connectivity index (χ4v) is 1.40. The van der Waals surface area contributed by atoms with Crippen LogP contribution in [-0.4, -0.2) is 6.61 Å². The third-order valence-corrected chi connectivity index (χ3v) is 2.19. The van der Waals surface area contributed by atoms with Gasteiger partial charge in [-0.25, -0.2) is 4.39 Å². The smallest absolute Gasteiger partial charge is 0.165 e. The number of ether oxygens (including phenoxy) is 1. The molecule has 0 bridgehead atoms. The Morgan fingerprint density at radius 2 is 1.78 bits per heavy atom. The first-order chi connectivity index (χ1) is 8.42. The Labute approximate surface area is 111 Å². The Bertz CT molecular complexity index is 339. The van der Waals surface area contributed by atoms with E-state index in [4.69, 9.17) is 4.74 Å². The average Bonchev–Trinajstić information content (AvgIpc) is 2.32. The van der Waals surface area contributed by atoms with Crippen LogP contribution in [-0.2, 0) is 6.42 Å². The van der Waals surface area contributed by atoms with Gasteiger partial charge in [0.1, 0.15) is 0 Å². The van der Waals surface area contributed by atoms with E-state index >= 15 is 0 Å². The fraction of sp³-hybridized carbons (Fsp3) is 0.625. The van der Waals surface area contributed by atoms with Crippen molar-refractivity contribution in [1.29, 1.82) is 0 Å². The monoisotopic (exact) mass is 254 g/mol. The molecule has 1 aromatic carbocycles. The maximum absolute atomic E-state index is 13.5. The van der Waals surface area contributed by atoms with E-state index in [9.17, 15) is 4.39 Å². The van der Waals surface area contributed by atoms with E-state index < -0.39 is 0 Å². The van der Waals surface area contributed by atoms with Crippen molar-refractivity contribution in [3.05, 3.63) is 29.6 Å². The van der Waals surface area contributed by atoms with Gasteiger partial charge in [-0.2, -0.15) is 0 Å². The molecule has 0 atom stereocenters. The van der Waals surface area contributed by atoms with Crippen LogP contribution in [0.4, 0.5) is 4.39 Å². The number of hydrogen-bond acceptors (Lipinski definition) is 1. The van der Waals surface area contributed by atoms with Crippen molar-refractivity contribution in [2.75, 3.05) is 6.61 Å². The largest absolute Gasteiger partial charge is 0.490 e. The SMILES string of the molecule is CC.CCCc1ccc(F)c(OCC(C)(C)C)c1. The number of halogens is 1. The van der Waals surface area contributed by atoms with Crippen LogP contribution in [0.5, 0.6) is 5.75 Å². The molecule has 0 heterocycles. The first-order valence-corrected chi connectivity index (χ1v) is 6.83. The highest BCUT2D eigenvalue weighted by Gasteiger charge is 2.13. The molecule has 0 aromatic heterocycles. The molecule has 0 spiro atoms. The van der Waals surface area contributed by atoms with E-state index in [0.717, 1.165) is 18.4 Å². The Morgan fingerprint density at radius 1 is 1.17 bits per heavy atom. The Morgan fingerprint density at radius 3 is 2.28 bits per heavy atom. The summed E-state index contributed by atoms with van der Waals surface area (Å²) in [6.07, 6.45) is 2.02. The van der Waals surface area contributed by atoms with Gasteiger partial charge in [0.2, 0.25) is 0 Å². The minimum Gasteiger partial charge on any atom is -0.490 e. The summed E-state index contributed by atoms with van der Waals surface area (Å²) in [4.78, 5) is 0. The number of benzene rings is 1. The van der Waals surface area contributed by atoms with Gasteiger partial charge in [-0.05, 0) is 29.5 Å². The predicted octanol–water partition coefficient (Wildman–Crippen LogP) is 5.23. The zero-order valence-corrected chi connectivity index (χ0v) is 12.6. The second-order valence-corrected chi connectivity index (χ2v) is 5.36. The fourth-order valence-electron chi connectivity index (χ4n) is 1.40. The van der Waals surface area contributed by atoms with E-state index in [1.54, 1.807) is 0 Å². The topological polar surface area (TPSA) is 9.23 Å². The van der Waals surface area contributed by atoms with Crippen LogP contribution >= 0.6 is 0 Å². The number of hydrogen-bond donors (Lipinski definition) is 0. The normalized spacial score (nSPS) is 10.6. The zero-order chi connectivity index (χ0) is 14.2. The van der Waals surface area contributed by atoms with Crippen LogP contribution in [0.1, 0.15) is 53.5 Å². The van der Waals surface area contributed by atoms with Gasteiger partial charge in [0.15, 0.2) is 11.6 Å². The van der Waals surface area contributed by atoms with E-state index in [2.05, 4.69) is 27.7 Å². The number of aryl methyl sites for hydroxylation is 1. The van der Waals surface area contributed by atoms with Gasteiger partial charge in [0.25, 0.3) is 0 Å². The van der Waals surface area contributed by atoms with Crippen molar-refractivity contribution in [2.45, 2.75) is 54.4 Å². The highest BCUT2D eigenvalue weighted by molar-refractivity contribution is 5.30. The molecule has 0 fully saturated rings. The molecule has 1 nitrogen and oxygen atoms in total. The highest BCUT2D eigenvalue weighted by atomic mass is 19.1. The molecule has 1 aromatic rings. The van der Waals surface area contributed by atoms with Crippen LogP contribution in [0.15, 0.2) is 18.2 Å². The lowest BCUT2D eigenvalue weighted by molar-refractivity contribution is 0.191. The van der Waals surface area contributed by atoms with E-state index in [1.807, 2.05) is 26.0 Å². The maximum Gasteiger partial charge on any atom is 0.165 e. The highest BCUT2D eigenvalue weighted by Crippen LogP contribution is 2.22. The number of rotatable bonds is 4. The molecule has 0 unspecified atom stereocenters. The predicted molar refractivity (Wildman–Crippen MR) is 76.7 cm³/mol. The minimum absolute atomic E-state index is 0.0488. The van der Waals surface area contributed by atoms with E-state index in [-0.39, 0.29) is 11.2 Å². The Kier molecular flexibility index (Phi) is 7.65. The summed E-state index contributed by atoms with van der Waals surface area (Å²) in [5.41, 5.74) is 1.18. The molecular formula is C16H27FO. The van der Waals surface area contributed by atoms with Crippen LogP contribution in [0.3, 0.4) is 0 Å². The van der Waals surface area contributed by atoms with E-state index in [0.29, 0.717) is 12.4 Å². The summed E-state index contributed by atoms with van der Waals surface area (Å²) in [7, 11) is 0. The third-order valence-electron chi connectivity index (χ3n) is 2.19. The van der Waals surface area contributed by atoms with Gasteiger partial charge in [0.05, 0.1) is 6.61 Å². The lowest BCUT2D eigenvalue weighted by Crippen LogP contribution is -2.17. The van der Waals surface area contributed by atoms with Crippen LogP contribution < -0.4 is 4.74 Å². The quantitative estimate of drug-likeness (QED) is 0.715. The molecule has 0 radical (unpaired) electrons. The summed E-state index contributed by atoms with van der Waals surface area (Å²) in [6, 6.07) is 5.12. The van der Waals surface area contributed by atoms with Gasteiger partial charge in [-0.15, -0.1) is 0 Å². The van der Waals surface area contributed by atoms with Crippen molar-refractivity contribution < 1.29 is 9.13 Å². The summed E-state index contributed by atoms with van der Waals surface area (Å²) in [6.45, 7) is 12.8. The van der Waals surface area contributed by atoms with Crippen molar-refractivity contribution >= 4 is 0 Å². The van der Waals surface area contributed by atoms with Gasteiger partial charge >= 0.3 is 0 Å². The first-order valence-electron chi connectivity index (χ1n) is 6.83. The average molecular weight is 254 g/mol. The molecule has 0 aliphatic rings. The van der Waals surface area contributed by atoms with Gasteiger partial charge in [-0.3, -0.25) is 0 Å². The summed E-state index contributed by atoms with van der Waals surface area (Å²) < 4.78 is 19.0. The van der Waals surface area contributed by atoms with Gasteiger partial charge in [-0.1, -0.05) is 54.0 Å². The summed E-state index contributed by atoms with van der Waals surface area (Å²) in [5.74, 6) is 0.102. The molecule has 0 saturated heterocycles. The van der Waals surface area contributed by atoms with Crippen LogP contribution in [0.25, 0.3) is 0 Å². The lowest BCUT2D eigenvalue weighted by atomic mass is 9.99. The second-order valence-electron chi connectivity index (χ2n) is 5.36. The molecule has 0 saturated carbocycles. The van der Waals surface area contributed by atoms with Gasteiger partial charge < -0.3 is 4.74 Å². The molecule has 0 aliphatic heterocycles. The molecule has 1 rings (SSSR count). The molecular weight excluding hydrogens is 227 g/mol. The minimum atomic E-state index is -0.274. The zero-order valence-electron chi connectivity index (χ0n) is 12.6. The second kappa shape index (κ2) is 8.12. The van der Waals surface area contributed by atoms with Crippen molar-refractivity contribution in [2.24, 2.45) is 5.41 Å². The standard InChI is InChI=1S/C14H21FO.C2H6/c1-5-6-11-7-8-12(15)13(9-11)16-10-14(2,3)4;1-2/h7-9H,5-6,10H2,1-4H3;1-2H3. The molecule has 0 N–H and O–H groups in total. The molecule has 2 heteroatoms. The third kappa shape index (κ3) is 6.63. The van der Waals surface area contributed by atoms with E-state index in [1.165, 1.54) is 6.07 Å². The molecule has 18 heavy (non-hydrogen) atoms.